The molecule has 0 amide bonds. The molecular weight excluding hydrogens is 600 g/mol. The number of benzene rings is 1. The summed E-state index contributed by atoms with van der Waals surface area (Å²) in [4.78, 5) is 0. The standard InChI is InChI=1S/C43H79ClO3/c1-4-7-10-13-16-19-22-25-28-31-36-45-41-35-34-40(39-44)42(46-37-32-29-26-23-20-17-14-11-8-5-2)43(41)47-38-33-30-27-24-21-18-15-12-9-6-3/h34-35H,4-33,36-39H2,1-3H3. The SMILES string of the molecule is CCCCCCCCCCCCOc1ccc(CCl)c(OCCCCCCCCCCCC)c1OCCCCCCCCCCCC. The Kier molecular flexibility index (Phi) is 32.5. The molecule has 276 valence electrons. The molecule has 0 unspecified atom stereocenters. The number of hydrogen-bond donors (Lipinski definition) is 0. The third-order valence-electron chi connectivity index (χ3n) is 9.55. The van der Waals surface area contributed by atoms with Crippen LogP contribution in [0.15, 0.2) is 12.1 Å². The lowest BCUT2D eigenvalue weighted by atomic mass is 10.1. The van der Waals surface area contributed by atoms with E-state index in [4.69, 9.17) is 25.8 Å². The van der Waals surface area contributed by atoms with Gasteiger partial charge >= 0.3 is 0 Å². The van der Waals surface area contributed by atoms with E-state index in [2.05, 4.69) is 32.9 Å². The predicted molar refractivity (Wildman–Crippen MR) is 208 cm³/mol. The Morgan fingerprint density at radius 2 is 0.660 bits per heavy atom. The van der Waals surface area contributed by atoms with Crippen molar-refractivity contribution in [3.05, 3.63) is 17.7 Å². The molecule has 0 saturated carbocycles. The van der Waals surface area contributed by atoms with Gasteiger partial charge in [-0.2, -0.15) is 0 Å². The number of unbranched alkanes of at least 4 members (excludes halogenated alkanes) is 27. The van der Waals surface area contributed by atoms with Crippen molar-refractivity contribution in [2.75, 3.05) is 19.8 Å². The van der Waals surface area contributed by atoms with Gasteiger partial charge in [0.1, 0.15) is 0 Å². The van der Waals surface area contributed by atoms with Crippen LogP contribution in [0.5, 0.6) is 17.2 Å². The number of halogens is 1. The van der Waals surface area contributed by atoms with Crippen LogP contribution in [-0.4, -0.2) is 19.8 Å². The van der Waals surface area contributed by atoms with E-state index >= 15 is 0 Å². The van der Waals surface area contributed by atoms with E-state index in [1.807, 2.05) is 0 Å². The van der Waals surface area contributed by atoms with Gasteiger partial charge in [0.25, 0.3) is 0 Å². The van der Waals surface area contributed by atoms with Crippen molar-refractivity contribution in [2.45, 2.75) is 219 Å². The maximum absolute atomic E-state index is 6.47. The Hall–Kier alpha value is -1.09. The van der Waals surface area contributed by atoms with E-state index in [-0.39, 0.29) is 0 Å². The fourth-order valence-electron chi connectivity index (χ4n) is 6.40. The van der Waals surface area contributed by atoms with Crippen molar-refractivity contribution >= 4 is 11.6 Å². The van der Waals surface area contributed by atoms with Crippen LogP contribution in [-0.2, 0) is 5.88 Å². The van der Waals surface area contributed by atoms with Crippen LogP contribution >= 0.6 is 11.6 Å². The Morgan fingerprint density at radius 1 is 0.362 bits per heavy atom. The molecule has 0 aliphatic rings. The van der Waals surface area contributed by atoms with Crippen LogP contribution in [0.25, 0.3) is 0 Å². The van der Waals surface area contributed by atoms with Crippen molar-refractivity contribution < 1.29 is 14.2 Å². The lowest BCUT2D eigenvalue weighted by Crippen LogP contribution is -2.08. The minimum absolute atomic E-state index is 0.417. The van der Waals surface area contributed by atoms with Crippen LogP contribution in [0.1, 0.15) is 219 Å². The van der Waals surface area contributed by atoms with E-state index in [9.17, 15) is 0 Å². The van der Waals surface area contributed by atoms with Gasteiger partial charge in [0, 0.05) is 5.56 Å². The lowest BCUT2D eigenvalue weighted by Gasteiger charge is -2.19. The maximum Gasteiger partial charge on any atom is 0.203 e. The highest BCUT2D eigenvalue weighted by Crippen LogP contribution is 2.41. The highest BCUT2D eigenvalue weighted by molar-refractivity contribution is 6.17. The van der Waals surface area contributed by atoms with Crippen molar-refractivity contribution in [1.29, 1.82) is 0 Å². The Morgan fingerprint density at radius 3 is 1.00 bits per heavy atom. The second kappa shape index (κ2) is 34.8. The topological polar surface area (TPSA) is 27.7 Å². The van der Waals surface area contributed by atoms with Gasteiger partial charge < -0.3 is 14.2 Å². The zero-order valence-corrected chi connectivity index (χ0v) is 32.6. The summed E-state index contributed by atoms with van der Waals surface area (Å²) in [5.41, 5.74) is 1.00. The van der Waals surface area contributed by atoms with Gasteiger partial charge in [0.2, 0.25) is 5.75 Å². The molecule has 1 aromatic rings. The largest absolute Gasteiger partial charge is 0.490 e. The molecule has 0 fully saturated rings. The molecule has 0 heterocycles. The first-order valence-corrected chi connectivity index (χ1v) is 21.4. The molecule has 0 radical (unpaired) electrons. The molecule has 0 atom stereocenters. The Bertz CT molecular complexity index is 783. The van der Waals surface area contributed by atoms with Gasteiger partial charge in [0.05, 0.1) is 25.7 Å². The summed E-state index contributed by atoms with van der Waals surface area (Å²) < 4.78 is 19.3. The highest BCUT2D eigenvalue weighted by Gasteiger charge is 2.18. The lowest BCUT2D eigenvalue weighted by molar-refractivity contribution is 0.233. The maximum atomic E-state index is 6.47. The van der Waals surface area contributed by atoms with Gasteiger partial charge in [-0.15, -0.1) is 11.6 Å². The van der Waals surface area contributed by atoms with Crippen LogP contribution < -0.4 is 14.2 Å². The molecule has 4 heteroatoms. The third-order valence-corrected chi connectivity index (χ3v) is 9.83. The highest BCUT2D eigenvalue weighted by atomic mass is 35.5. The third kappa shape index (κ3) is 25.5. The summed E-state index contributed by atoms with van der Waals surface area (Å²) >= 11 is 6.42. The summed E-state index contributed by atoms with van der Waals surface area (Å²) in [6.45, 7) is 8.99. The fourth-order valence-corrected chi connectivity index (χ4v) is 6.61. The fraction of sp³-hybridized carbons (Fsp3) is 0.860. The first-order chi connectivity index (χ1) is 23.3. The first kappa shape index (κ1) is 43.9. The summed E-state index contributed by atoms with van der Waals surface area (Å²) in [7, 11) is 0. The summed E-state index contributed by atoms with van der Waals surface area (Å²) in [6, 6.07) is 4.12. The summed E-state index contributed by atoms with van der Waals surface area (Å²) in [5, 5.41) is 0. The molecule has 3 nitrogen and oxygen atoms in total. The quantitative estimate of drug-likeness (QED) is 0.0518. The molecule has 1 aromatic carbocycles. The summed E-state index contributed by atoms with van der Waals surface area (Å²) in [5.74, 6) is 2.82. The Labute approximate surface area is 299 Å². The van der Waals surface area contributed by atoms with E-state index in [0.717, 1.165) is 48.7 Å². The molecule has 47 heavy (non-hydrogen) atoms. The Balaban J connectivity index is 2.54. The first-order valence-electron chi connectivity index (χ1n) is 20.9. The van der Waals surface area contributed by atoms with Crippen LogP contribution in [0.2, 0.25) is 0 Å². The molecule has 0 N–H and O–H groups in total. The smallest absolute Gasteiger partial charge is 0.203 e. The van der Waals surface area contributed by atoms with Gasteiger partial charge in [-0.05, 0) is 25.3 Å². The van der Waals surface area contributed by atoms with E-state index in [1.165, 1.54) is 173 Å². The second-order valence-corrected chi connectivity index (χ2v) is 14.4. The predicted octanol–water partition coefficient (Wildman–Crippen LogP) is 15.3. The number of alkyl halides is 1. The van der Waals surface area contributed by atoms with Crippen LogP contribution in [0.4, 0.5) is 0 Å². The van der Waals surface area contributed by atoms with Crippen LogP contribution in [0.3, 0.4) is 0 Å². The monoisotopic (exact) mass is 679 g/mol. The second-order valence-electron chi connectivity index (χ2n) is 14.1. The molecule has 0 aliphatic carbocycles. The minimum atomic E-state index is 0.417. The van der Waals surface area contributed by atoms with E-state index in [0.29, 0.717) is 19.1 Å². The van der Waals surface area contributed by atoms with Gasteiger partial charge in [-0.25, -0.2) is 0 Å². The van der Waals surface area contributed by atoms with Gasteiger partial charge in [-0.1, -0.05) is 200 Å². The van der Waals surface area contributed by atoms with Crippen LogP contribution in [0, 0.1) is 0 Å². The number of ether oxygens (including phenoxy) is 3. The molecule has 0 bridgehead atoms. The zero-order valence-electron chi connectivity index (χ0n) is 31.8. The van der Waals surface area contributed by atoms with E-state index < -0.39 is 0 Å². The molecule has 0 saturated heterocycles. The molecule has 0 aliphatic heterocycles. The van der Waals surface area contributed by atoms with Crippen molar-refractivity contribution in [3.63, 3.8) is 0 Å². The molecule has 0 spiro atoms. The zero-order chi connectivity index (χ0) is 33.9. The van der Waals surface area contributed by atoms with Gasteiger partial charge in [-0.3, -0.25) is 0 Å². The van der Waals surface area contributed by atoms with Crippen molar-refractivity contribution in [2.24, 2.45) is 0 Å². The average molecular weight is 680 g/mol. The molecule has 0 aromatic heterocycles. The number of hydrogen-bond acceptors (Lipinski definition) is 3. The van der Waals surface area contributed by atoms with Crippen molar-refractivity contribution in [1.82, 2.24) is 0 Å². The molecular formula is C43H79ClO3. The van der Waals surface area contributed by atoms with Gasteiger partial charge in [0.15, 0.2) is 11.5 Å². The number of rotatable bonds is 37. The molecule has 1 rings (SSSR count). The average Bonchev–Trinajstić information content (AvgIpc) is 3.09. The van der Waals surface area contributed by atoms with Crippen molar-refractivity contribution in [3.8, 4) is 17.2 Å². The normalized spacial score (nSPS) is 11.3. The van der Waals surface area contributed by atoms with E-state index in [1.54, 1.807) is 0 Å². The summed E-state index contributed by atoms with van der Waals surface area (Å²) in [6.07, 6.45) is 39.6. The minimum Gasteiger partial charge on any atom is -0.490 e.